The van der Waals surface area contributed by atoms with E-state index in [9.17, 15) is 4.79 Å². The maximum atomic E-state index is 12.7. The van der Waals surface area contributed by atoms with Gasteiger partial charge in [-0.05, 0) is 57.0 Å². The molecule has 0 aliphatic rings. The average molecular weight is 380 g/mol. The first-order valence-corrected chi connectivity index (χ1v) is 9.40. The van der Waals surface area contributed by atoms with E-state index in [0.29, 0.717) is 11.5 Å². The molecule has 0 atom stereocenters. The Morgan fingerprint density at radius 1 is 1.00 bits per heavy atom. The Kier molecular flexibility index (Phi) is 4.07. The lowest BCUT2D eigenvalue weighted by Gasteiger charge is -2.06. The molecule has 3 heterocycles. The fourth-order valence-corrected chi connectivity index (χ4v) is 4.01. The number of carbonyl (C=O) groups is 1. The molecule has 0 bridgehead atoms. The fourth-order valence-electron chi connectivity index (χ4n) is 3.00. The second-order valence-corrected chi connectivity index (χ2v) is 7.74. The summed E-state index contributed by atoms with van der Waals surface area (Å²) in [6, 6.07) is 7.81. The van der Waals surface area contributed by atoms with Crippen molar-refractivity contribution < 1.29 is 4.79 Å². The van der Waals surface area contributed by atoms with E-state index in [2.05, 4.69) is 41.5 Å². The highest BCUT2D eigenvalue weighted by Crippen LogP contribution is 2.29. The van der Waals surface area contributed by atoms with Crippen molar-refractivity contribution in [1.29, 1.82) is 0 Å². The van der Waals surface area contributed by atoms with Crippen LogP contribution in [0.25, 0.3) is 15.3 Å². The summed E-state index contributed by atoms with van der Waals surface area (Å²) in [4.78, 5) is 17.4. The van der Waals surface area contributed by atoms with Gasteiger partial charge in [-0.3, -0.25) is 9.48 Å². The maximum absolute atomic E-state index is 12.7. The lowest BCUT2D eigenvalue weighted by atomic mass is 10.1. The normalized spacial score (nSPS) is 11.3. The molecule has 4 rings (SSSR count). The molecule has 0 fully saturated rings. The number of anilines is 1. The first kappa shape index (κ1) is 17.4. The van der Waals surface area contributed by atoms with Crippen LogP contribution in [0.4, 0.5) is 5.82 Å². The van der Waals surface area contributed by atoms with Crippen molar-refractivity contribution in [2.24, 2.45) is 7.05 Å². The van der Waals surface area contributed by atoms with E-state index < -0.39 is 0 Å². The minimum atomic E-state index is -0.230. The Bertz CT molecular complexity index is 1140. The van der Waals surface area contributed by atoms with Gasteiger partial charge in [0.2, 0.25) is 5.13 Å². The molecule has 0 spiro atoms. The number of carbonyl (C=O) groups excluding carboxylic acids is 1. The number of fused-ring (bicyclic) bond motifs is 1. The standard InChI is InChI=1S/C19H20N6OS/c1-10-6-14-16(7-11(10)2)27-19(20-14)25-17(9-13(4)23-25)21-18(26)15-8-12(3)22-24(15)5/h6-9H,1-5H3,(H,21,26). The summed E-state index contributed by atoms with van der Waals surface area (Å²) >= 11 is 1.55. The SMILES string of the molecule is Cc1cc(C(=O)Nc2cc(C)nn2-c2nc3cc(C)c(C)cc3s2)n(C)n1. The van der Waals surface area contributed by atoms with Gasteiger partial charge in [-0.1, -0.05) is 11.3 Å². The number of aromatic nitrogens is 5. The van der Waals surface area contributed by atoms with Gasteiger partial charge >= 0.3 is 0 Å². The van der Waals surface area contributed by atoms with E-state index in [1.165, 1.54) is 11.1 Å². The van der Waals surface area contributed by atoms with E-state index >= 15 is 0 Å². The van der Waals surface area contributed by atoms with Gasteiger partial charge in [0.1, 0.15) is 11.5 Å². The Morgan fingerprint density at radius 3 is 2.41 bits per heavy atom. The molecule has 0 saturated heterocycles. The van der Waals surface area contributed by atoms with Crippen molar-refractivity contribution >= 4 is 33.3 Å². The molecule has 1 aromatic carbocycles. The molecular weight excluding hydrogens is 360 g/mol. The van der Waals surface area contributed by atoms with E-state index in [0.717, 1.165) is 26.7 Å². The molecule has 4 aromatic rings. The molecule has 0 aliphatic heterocycles. The molecule has 0 aliphatic carbocycles. The van der Waals surface area contributed by atoms with Crippen LogP contribution in [0.1, 0.15) is 33.0 Å². The van der Waals surface area contributed by atoms with Gasteiger partial charge in [0, 0.05) is 13.1 Å². The molecule has 3 aromatic heterocycles. The molecule has 138 valence electrons. The van der Waals surface area contributed by atoms with Gasteiger partial charge in [0.15, 0.2) is 0 Å². The van der Waals surface area contributed by atoms with Crippen molar-refractivity contribution in [1.82, 2.24) is 24.5 Å². The van der Waals surface area contributed by atoms with Gasteiger partial charge in [0.25, 0.3) is 5.91 Å². The minimum absolute atomic E-state index is 0.230. The van der Waals surface area contributed by atoms with Crippen LogP contribution in [-0.2, 0) is 7.05 Å². The number of hydrogen-bond donors (Lipinski definition) is 1. The van der Waals surface area contributed by atoms with Crippen molar-refractivity contribution in [3.05, 3.63) is 52.5 Å². The topological polar surface area (TPSA) is 77.6 Å². The second-order valence-electron chi connectivity index (χ2n) is 6.73. The summed E-state index contributed by atoms with van der Waals surface area (Å²) < 4.78 is 4.36. The number of aryl methyl sites for hydroxylation is 5. The molecule has 1 N–H and O–H groups in total. The first-order valence-electron chi connectivity index (χ1n) is 8.58. The summed E-state index contributed by atoms with van der Waals surface area (Å²) in [5.74, 6) is 0.357. The molecule has 0 saturated carbocycles. The largest absolute Gasteiger partial charge is 0.305 e. The third-order valence-corrected chi connectivity index (χ3v) is 5.48. The Hall–Kier alpha value is -3.00. The zero-order valence-corrected chi connectivity index (χ0v) is 16.7. The van der Waals surface area contributed by atoms with Gasteiger partial charge in [-0.2, -0.15) is 14.9 Å². The number of benzene rings is 1. The van der Waals surface area contributed by atoms with Gasteiger partial charge in [-0.25, -0.2) is 4.98 Å². The Morgan fingerprint density at radius 2 is 1.70 bits per heavy atom. The van der Waals surface area contributed by atoms with Crippen molar-refractivity contribution in [3.63, 3.8) is 0 Å². The average Bonchev–Trinajstić information content (AvgIpc) is 3.25. The van der Waals surface area contributed by atoms with E-state index in [1.807, 2.05) is 19.9 Å². The van der Waals surface area contributed by atoms with Gasteiger partial charge in [-0.15, -0.1) is 0 Å². The van der Waals surface area contributed by atoms with Crippen LogP contribution in [0.15, 0.2) is 24.3 Å². The van der Waals surface area contributed by atoms with E-state index in [-0.39, 0.29) is 5.91 Å². The summed E-state index contributed by atoms with van der Waals surface area (Å²) in [5, 5.41) is 12.4. The van der Waals surface area contributed by atoms with Crippen LogP contribution in [-0.4, -0.2) is 30.5 Å². The summed E-state index contributed by atoms with van der Waals surface area (Å²) in [5.41, 5.74) is 5.46. The number of thiazole rings is 1. The molecule has 7 nitrogen and oxygen atoms in total. The predicted octanol–water partition coefficient (Wildman–Crippen LogP) is 3.70. The molecule has 1 amide bonds. The highest BCUT2D eigenvalue weighted by molar-refractivity contribution is 7.20. The molecule has 8 heteroatoms. The summed E-state index contributed by atoms with van der Waals surface area (Å²) in [6.45, 7) is 7.92. The monoisotopic (exact) mass is 380 g/mol. The van der Waals surface area contributed by atoms with Crippen molar-refractivity contribution in [3.8, 4) is 5.13 Å². The van der Waals surface area contributed by atoms with E-state index in [1.54, 1.807) is 33.8 Å². The first-order chi connectivity index (χ1) is 12.8. The number of rotatable bonds is 3. The highest BCUT2D eigenvalue weighted by atomic mass is 32.1. The number of nitrogens with zero attached hydrogens (tertiary/aromatic N) is 5. The quantitative estimate of drug-likeness (QED) is 0.588. The lowest BCUT2D eigenvalue weighted by molar-refractivity contribution is 0.101. The number of amides is 1. The van der Waals surface area contributed by atoms with Crippen LogP contribution < -0.4 is 5.32 Å². The van der Waals surface area contributed by atoms with Crippen LogP contribution in [0.5, 0.6) is 0 Å². The number of nitrogens with one attached hydrogen (secondary N) is 1. The zero-order valence-electron chi connectivity index (χ0n) is 15.9. The Labute approximate surface area is 160 Å². The maximum Gasteiger partial charge on any atom is 0.275 e. The molecular formula is C19H20N6OS. The smallest absolute Gasteiger partial charge is 0.275 e. The van der Waals surface area contributed by atoms with Crippen LogP contribution >= 0.6 is 11.3 Å². The molecule has 0 radical (unpaired) electrons. The lowest BCUT2D eigenvalue weighted by Crippen LogP contribution is -2.18. The highest BCUT2D eigenvalue weighted by Gasteiger charge is 2.18. The predicted molar refractivity (Wildman–Crippen MR) is 107 cm³/mol. The molecule has 0 unspecified atom stereocenters. The van der Waals surface area contributed by atoms with Gasteiger partial charge < -0.3 is 5.32 Å². The Balaban J connectivity index is 1.73. The second kappa shape index (κ2) is 6.31. The van der Waals surface area contributed by atoms with Crippen molar-refractivity contribution in [2.75, 3.05) is 5.32 Å². The summed E-state index contributed by atoms with van der Waals surface area (Å²) in [7, 11) is 1.75. The van der Waals surface area contributed by atoms with Crippen LogP contribution in [0.2, 0.25) is 0 Å². The fraction of sp³-hybridized carbons (Fsp3) is 0.263. The van der Waals surface area contributed by atoms with E-state index in [4.69, 9.17) is 4.98 Å². The van der Waals surface area contributed by atoms with Crippen LogP contribution in [0.3, 0.4) is 0 Å². The minimum Gasteiger partial charge on any atom is -0.305 e. The third kappa shape index (κ3) is 3.12. The summed E-state index contributed by atoms with van der Waals surface area (Å²) in [6.07, 6.45) is 0. The van der Waals surface area contributed by atoms with Crippen molar-refractivity contribution in [2.45, 2.75) is 27.7 Å². The van der Waals surface area contributed by atoms with Crippen LogP contribution in [0, 0.1) is 27.7 Å². The molecule has 27 heavy (non-hydrogen) atoms. The number of hydrogen-bond acceptors (Lipinski definition) is 5. The zero-order chi connectivity index (χ0) is 19.3. The third-order valence-electron chi connectivity index (χ3n) is 4.48. The van der Waals surface area contributed by atoms with Gasteiger partial charge in [0.05, 0.1) is 21.6 Å².